The minimum Gasteiger partial charge on any atom is -0.0590 e. The van der Waals surface area contributed by atoms with E-state index in [2.05, 4.69) is 73.1 Å². The quantitative estimate of drug-likeness (QED) is 0.732. The molecule has 1 heteroatoms. The fourth-order valence-corrected chi connectivity index (χ4v) is 2.42. The van der Waals surface area contributed by atoms with Crippen LogP contribution in [0.5, 0.6) is 0 Å². The summed E-state index contributed by atoms with van der Waals surface area (Å²) in [5, 5.41) is 0. The summed E-state index contributed by atoms with van der Waals surface area (Å²) in [6.45, 7) is 6.46. The molecule has 17 heavy (non-hydrogen) atoms. The maximum atomic E-state index is 3.63. The smallest absolute Gasteiger partial charge is 0.0210 e. The Kier molecular flexibility index (Phi) is 3.68. The monoisotopic (exact) mass is 288 g/mol. The molecule has 2 aromatic rings. The molecule has 0 aliphatic carbocycles. The second kappa shape index (κ2) is 5.05. The first-order chi connectivity index (χ1) is 8.06. The lowest BCUT2D eigenvalue weighted by molar-refractivity contribution is 1.13. The molecule has 0 unspecified atom stereocenters. The Bertz CT molecular complexity index is 492. The maximum Gasteiger partial charge on any atom is 0.0210 e. The maximum absolute atomic E-state index is 3.63. The second-order valence-corrected chi connectivity index (χ2v) is 5.56. The van der Waals surface area contributed by atoms with E-state index >= 15 is 0 Å². The van der Waals surface area contributed by atoms with Crippen LogP contribution in [0.15, 0.2) is 40.9 Å². The number of hydrogen-bond acceptors (Lipinski definition) is 0. The van der Waals surface area contributed by atoms with E-state index in [4.69, 9.17) is 0 Å². The Hall–Kier alpha value is -1.08. The number of halogens is 1. The average molecular weight is 289 g/mol. The summed E-state index contributed by atoms with van der Waals surface area (Å²) in [5.74, 6) is 0. The summed E-state index contributed by atoms with van der Waals surface area (Å²) in [6, 6.07) is 13.2. The van der Waals surface area contributed by atoms with Crippen LogP contribution >= 0.6 is 15.9 Å². The fraction of sp³-hybridized carbons (Fsp3) is 0.250. The zero-order valence-electron chi connectivity index (χ0n) is 10.5. The van der Waals surface area contributed by atoms with Crippen molar-refractivity contribution < 1.29 is 0 Å². The molecular formula is C16H17Br. The lowest BCUT2D eigenvalue weighted by atomic mass is 9.98. The third-order valence-corrected chi connectivity index (χ3v) is 3.86. The predicted octanol–water partition coefficient (Wildman–Crippen LogP) is 4.97. The highest BCUT2D eigenvalue weighted by Gasteiger charge is 2.04. The van der Waals surface area contributed by atoms with Crippen LogP contribution in [-0.4, -0.2) is 0 Å². The van der Waals surface area contributed by atoms with Gasteiger partial charge in [-0.15, -0.1) is 0 Å². The van der Waals surface area contributed by atoms with Gasteiger partial charge in [0.15, 0.2) is 0 Å². The van der Waals surface area contributed by atoms with Gasteiger partial charge >= 0.3 is 0 Å². The highest BCUT2D eigenvalue weighted by molar-refractivity contribution is 9.10. The van der Waals surface area contributed by atoms with E-state index in [9.17, 15) is 0 Å². The lowest BCUT2D eigenvalue weighted by Gasteiger charge is -2.09. The molecule has 0 saturated carbocycles. The van der Waals surface area contributed by atoms with Crippen molar-refractivity contribution in [2.24, 2.45) is 0 Å². The minimum absolute atomic E-state index is 0.996. The summed E-state index contributed by atoms with van der Waals surface area (Å²) in [5.41, 5.74) is 6.78. The molecule has 0 aromatic heterocycles. The van der Waals surface area contributed by atoms with E-state index in [-0.39, 0.29) is 0 Å². The van der Waals surface area contributed by atoms with Gasteiger partial charge in [0.2, 0.25) is 0 Å². The van der Waals surface area contributed by atoms with Crippen LogP contribution in [0, 0.1) is 20.8 Å². The fourth-order valence-electron chi connectivity index (χ4n) is 2.03. The Morgan fingerprint density at radius 3 is 2.12 bits per heavy atom. The lowest BCUT2D eigenvalue weighted by Crippen LogP contribution is -1.94. The standard InChI is InChI=1S/C16H17Br/c1-11-4-6-13(3)14(8-11)10-15-9-12(2)5-7-16(15)17/h4-9H,10H2,1-3H3. The van der Waals surface area contributed by atoms with Crippen LogP contribution < -0.4 is 0 Å². The summed E-state index contributed by atoms with van der Waals surface area (Å²) < 4.78 is 1.20. The number of rotatable bonds is 2. The van der Waals surface area contributed by atoms with Gasteiger partial charge in [-0.2, -0.15) is 0 Å². The molecule has 0 spiro atoms. The van der Waals surface area contributed by atoms with Gasteiger partial charge in [0.25, 0.3) is 0 Å². The number of benzene rings is 2. The van der Waals surface area contributed by atoms with Crippen LogP contribution in [0.3, 0.4) is 0 Å². The van der Waals surface area contributed by atoms with Crippen molar-refractivity contribution in [3.8, 4) is 0 Å². The van der Waals surface area contributed by atoms with E-state index in [0.29, 0.717) is 0 Å². The van der Waals surface area contributed by atoms with Crippen molar-refractivity contribution in [2.45, 2.75) is 27.2 Å². The molecule has 0 atom stereocenters. The van der Waals surface area contributed by atoms with Gasteiger partial charge in [-0.05, 0) is 49.9 Å². The molecule has 0 N–H and O–H groups in total. The molecule has 88 valence electrons. The van der Waals surface area contributed by atoms with Crippen molar-refractivity contribution in [3.63, 3.8) is 0 Å². The molecule has 0 bridgehead atoms. The van der Waals surface area contributed by atoms with Crippen LogP contribution in [-0.2, 0) is 6.42 Å². The topological polar surface area (TPSA) is 0 Å². The first-order valence-corrected chi connectivity index (χ1v) is 6.67. The molecule has 0 aliphatic heterocycles. The van der Waals surface area contributed by atoms with Gasteiger partial charge in [0, 0.05) is 4.47 Å². The average Bonchev–Trinajstić information content (AvgIpc) is 2.28. The van der Waals surface area contributed by atoms with Gasteiger partial charge in [-0.1, -0.05) is 57.4 Å². The normalized spacial score (nSPS) is 10.6. The van der Waals surface area contributed by atoms with Crippen molar-refractivity contribution in [1.29, 1.82) is 0 Å². The van der Waals surface area contributed by atoms with Crippen LogP contribution in [0.25, 0.3) is 0 Å². The molecule has 2 rings (SSSR count). The Labute approximate surface area is 112 Å². The molecular weight excluding hydrogens is 272 g/mol. The SMILES string of the molecule is Cc1ccc(C)c(Cc2cc(C)ccc2Br)c1. The highest BCUT2D eigenvalue weighted by Crippen LogP contribution is 2.23. The molecule has 0 amide bonds. The molecule has 0 saturated heterocycles. The number of hydrogen-bond donors (Lipinski definition) is 0. The second-order valence-electron chi connectivity index (χ2n) is 4.70. The summed E-state index contributed by atoms with van der Waals surface area (Å²) in [7, 11) is 0. The first kappa shape index (κ1) is 12.4. The van der Waals surface area contributed by atoms with Crippen LogP contribution in [0.4, 0.5) is 0 Å². The summed E-state index contributed by atoms with van der Waals surface area (Å²) in [6.07, 6.45) is 0.996. The van der Waals surface area contributed by atoms with Crippen molar-refractivity contribution in [1.82, 2.24) is 0 Å². The van der Waals surface area contributed by atoms with Crippen molar-refractivity contribution in [3.05, 3.63) is 68.7 Å². The Morgan fingerprint density at radius 2 is 1.41 bits per heavy atom. The zero-order valence-corrected chi connectivity index (χ0v) is 12.1. The molecule has 0 aliphatic rings. The van der Waals surface area contributed by atoms with Gasteiger partial charge in [-0.25, -0.2) is 0 Å². The molecule has 2 aromatic carbocycles. The third-order valence-electron chi connectivity index (χ3n) is 3.09. The number of aryl methyl sites for hydroxylation is 3. The van der Waals surface area contributed by atoms with Crippen LogP contribution in [0.2, 0.25) is 0 Å². The van der Waals surface area contributed by atoms with Gasteiger partial charge in [0.05, 0.1) is 0 Å². The van der Waals surface area contributed by atoms with Crippen molar-refractivity contribution in [2.75, 3.05) is 0 Å². The molecule has 0 fully saturated rings. The minimum atomic E-state index is 0.996. The largest absolute Gasteiger partial charge is 0.0590 e. The van der Waals surface area contributed by atoms with Gasteiger partial charge < -0.3 is 0 Å². The van der Waals surface area contributed by atoms with Gasteiger partial charge in [0.1, 0.15) is 0 Å². The highest BCUT2D eigenvalue weighted by atomic mass is 79.9. The van der Waals surface area contributed by atoms with E-state index in [1.54, 1.807) is 0 Å². The van der Waals surface area contributed by atoms with Gasteiger partial charge in [-0.3, -0.25) is 0 Å². The van der Waals surface area contributed by atoms with E-state index < -0.39 is 0 Å². The Morgan fingerprint density at radius 1 is 0.824 bits per heavy atom. The third kappa shape index (κ3) is 2.98. The Balaban J connectivity index is 2.37. The van der Waals surface area contributed by atoms with E-state index in [0.717, 1.165) is 6.42 Å². The van der Waals surface area contributed by atoms with E-state index in [1.165, 1.54) is 32.3 Å². The molecule has 0 heterocycles. The van der Waals surface area contributed by atoms with Crippen LogP contribution in [0.1, 0.15) is 27.8 Å². The van der Waals surface area contributed by atoms with Crippen molar-refractivity contribution >= 4 is 15.9 Å². The predicted molar refractivity (Wildman–Crippen MR) is 77.6 cm³/mol. The summed E-state index contributed by atoms with van der Waals surface area (Å²) >= 11 is 3.63. The summed E-state index contributed by atoms with van der Waals surface area (Å²) in [4.78, 5) is 0. The first-order valence-electron chi connectivity index (χ1n) is 5.87. The zero-order chi connectivity index (χ0) is 12.4. The molecule has 0 radical (unpaired) electrons. The van der Waals surface area contributed by atoms with E-state index in [1.807, 2.05) is 0 Å². The molecule has 0 nitrogen and oxygen atoms in total.